The molecule has 1 aromatic rings. The lowest BCUT2D eigenvalue weighted by Crippen LogP contribution is -2.61. The summed E-state index contributed by atoms with van der Waals surface area (Å²) in [5.74, 6) is -0.250. The Kier molecular flexibility index (Phi) is 4.66. The number of carbonyl (C=O) groups is 2. The average Bonchev–Trinajstić information content (AvgIpc) is 3.01. The van der Waals surface area contributed by atoms with E-state index in [2.05, 4.69) is 12.1 Å². The molecule has 0 aromatic heterocycles. The second-order valence-electron chi connectivity index (χ2n) is 6.47. The number of nitrogens with zero attached hydrogens (tertiary/aromatic N) is 2. The average molecular weight is 316 g/mol. The van der Waals surface area contributed by atoms with Crippen LogP contribution in [0.4, 0.5) is 0 Å². The standard InChI is InChI=1S/C18H24N2O3/c21-14-16(22)20-12-5-10-18(20)9-4-11-19(17(18)23)13-8-15-6-2-1-3-7-15/h1-3,6-7,21H,4-5,8-14H2. The minimum absolute atomic E-state index is 0.0685. The van der Waals surface area contributed by atoms with E-state index in [9.17, 15) is 14.7 Å². The summed E-state index contributed by atoms with van der Waals surface area (Å²) in [6, 6.07) is 10.1. The van der Waals surface area contributed by atoms with Crippen molar-refractivity contribution in [2.24, 2.45) is 0 Å². The first-order valence-corrected chi connectivity index (χ1v) is 8.42. The fourth-order valence-electron chi connectivity index (χ4n) is 4.00. The molecule has 2 amide bonds. The van der Waals surface area contributed by atoms with Crippen molar-refractivity contribution in [1.82, 2.24) is 9.80 Å². The first-order valence-electron chi connectivity index (χ1n) is 8.42. The zero-order valence-electron chi connectivity index (χ0n) is 13.4. The minimum atomic E-state index is -0.700. The molecule has 124 valence electrons. The van der Waals surface area contributed by atoms with E-state index >= 15 is 0 Å². The molecule has 5 nitrogen and oxygen atoms in total. The van der Waals surface area contributed by atoms with Crippen molar-refractivity contribution in [2.75, 3.05) is 26.2 Å². The van der Waals surface area contributed by atoms with Crippen LogP contribution in [-0.2, 0) is 16.0 Å². The highest BCUT2D eigenvalue weighted by Crippen LogP contribution is 2.38. The smallest absolute Gasteiger partial charge is 0.249 e. The van der Waals surface area contributed by atoms with Gasteiger partial charge in [-0.3, -0.25) is 9.59 Å². The van der Waals surface area contributed by atoms with E-state index in [4.69, 9.17) is 0 Å². The van der Waals surface area contributed by atoms with E-state index in [1.54, 1.807) is 4.90 Å². The first kappa shape index (κ1) is 16.0. The van der Waals surface area contributed by atoms with Gasteiger partial charge in [0.1, 0.15) is 12.1 Å². The molecule has 0 aliphatic carbocycles. The Bertz CT molecular complexity index is 575. The van der Waals surface area contributed by atoms with Gasteiger partial charge in [0.25, 0.3) is 0 Å². The van der Waals surface area contributed by atoms with Gasteiger partial charge < -0.3 is 14.9 Å². The fraction of sp³-hybridized carbons (Fsp3) is 0.556. The number of hydrogen-bond donors (Lipinski definition) is 1. The van der Waals surface area contributed by atoms with Crippen LogP contribution < -0.4 is 0 Å². The van der Waals surface area contributed by atoms with Crippen LogP contribution in [0, 0.1) is 0 Å². The van der Waals surface area contributed by atoms with Gasteiger partial charge in [-0.2, -0.15) is 0 Å². The highest BCUT2D eigenvalue weighted by Gasteiger charge is 2.52. The van der Waals surface area contributed by atoms with Crippen molar-refractivity contribution in [3.63, 3.8) is 0 Å². The molecular formula is C18H24N2O3. The largest absolute Gasteiger partial charge is 0.387 e. The summed E-state index contributed by atoms with van der Waals surface area (Å²) in [5.41, 5.74) is 0.518. The zero-order chi connectivity index (χ0) is 16.3. The van der Waals surface area contributed by atoms with Gasteiger partial charge in [-0.1, -0.05) is 30.3 Å². The fourth-order valence-corrected chi connectivity index (χ4v) is 4.00. The van der Waals surface area contributed by atoms with Crippen LogP contribution in [0.3, 0.4) is 0 Å². The summed E-state index contributed by atoms with van der Waals surface area (Å²) in [5, 5.41) is 9.20. The molecule has 5 heteroatoms. The number of carbonyl (C=O) groups excluding carboxylic acids is 2. The molecule has 0 radical (unpaired) electrons. The summed E-state index contributed by atoms with van der Waals surface area (Å²) in [6.45, 7) is 1.51. The SMILES string of the molecule is O=C(CO)N1CCCC12CCCN(CCc1ccccc1)C2=O. The molecule has 1 unspecified atom stereocenters. The maximum atomic E-state index is 13.1. The van der Waals surface area contributed by atoms with E-state index in [0.29, 0.717) is 13.1 Å². The Morgan fingerprint density at radius 3 is 2.52 bits per heavy atom. The number of rotatable bonds is 4. The normalized spacial score (nSPS) is 24.5. The lowest BCUT2D eigenvalue weighted by atomic mass is 9.85. The Balaban J connectivity index is 1.72. The van der Waals surface area contributed by atoms with Gasteiger partial charge in [-0.25, -0.2) is 0 Å². The van der Waals surface area contributed by atoms with E-state index < -0.39 is 12.1 Å². The molecule has 1 N–H and O–H groups in total. The van der Waals surface area contributed by atoms with Crippen molar-refractivity contribution < 1.29 is 14.7 Å². The molecule has 1 atom stereocenters. The predicted octanol–water partition coefficient (Wildman–Crippen LogP) is 1.20. The molecule has 2 fully saturated rings. The predicted molar refractivity (Wildman–Crippen MR) is 86.7 cm³/mol. The number of aliphatic hydroxyl groups is 1. The Hall–Kier alpha value is -1.88. The maximum absolute atomic E-state index is 13.1. The van der Waals surface area contributed by atoms with Crippen LogP contribution in [0.5, 0.6) is 0 Å². The molecule has 2 saturated heterocycles. The Morgan fingerprint density at radius 1 is 1.13 bits per heavy atom. The molecule has 2 aliphatic heterocycles. The van der Waals surface area contributed by atoms with Gasteiger partial charge in [0.05, 0.1) is 0 Å². The van der Waals surface area contributed by atoms with Gasteiger partial charge in [0, 0.05) is 19.6 Å². The van der Waals surface area contributed by atoms with Crippen molar-refractivity contribution in [1.29, 1.82) is 0 Å². The van der Waals surface area contributed by atoms with Crippen molar-refractivity contribution in [3.05, 3.63) is 35.9 Å². The second-order valence-corrected chi connectivity index (χ2v) is 6.47. The summed E-state index contributed by atoms with van der Waals surface area (Å²) in [4.78, 5) is 28.6. The third-order valence-corrected chi connectivity index (χ3v) is 5.14. The van der Waals surface area contributed by atoms with E-state index in [1.165, 1.54) is 5.56 Å². The molecular weight excluding hydrogens is 292 g/mol. The number of aliphatic hydroxyl groups excluding tert-OH is 1. The van der Waals surface area contributed by atoms with E-state index in [1.807, 2.05) is 23.1 Å². The van der Waals surface area contributed by atoms with Crippen molar-refractivity contribution in [3.8, 4) is 0 Å². The molecule has 1 aromatic carbocycles. The Labute approximate surface area is 136 Å². The van der Waals surface area contributed by atoms with Crippen LogP contribution in [0.15, 0.2) is 30.3 Å². The first-order chi connectivity index (χ1) is 11.2. The molecule has 1 spiro atoms. The lowest BCUT2D eigenvalue weighted by molar-refractivity contribution is -0.156. The summed E-state index contributed by atoms with van der Waals surface area (Å²) in [7, 11) is 0. The second kappa shape index (κ2) is 6.71. The third kappa shape index (κ3) is 2.98. The monoisotopic (exact) mass is 316 g/mol. The number of hydrogen-bond acceptors (Lipinski definition) is 3. The lowest BCUT2D eigenvalue weighted by Gasteiger charge is -2.44. The highest BCUT2D eigenvalue weighted by atomic mass is 16.3. The van der Waals surface area contributed by atoms with Gasteiger partial charge in [0.15, 0.2) is 0 Å². The number of benzene rings is 1. The third-order valence-electron chi connectivity index (χ3n) is 5.14. The van der Waals surface area contributed by atoms with Crippen molar-refractivity contribution >= 4 is 11.8 Å². The number of amides is 2. The Morgan fingerprint density at radius 2 is 1.83 bits per heavy atom. The van der Waals surface area contributed by atoms with E-state index in [-0.39, 0.29) is 11.8 Å². The number of piperidine rings is 1. The van der Waals surface area contributed by atoms with E-state index in [0.717, 1.165) is 38.6 Å². The zero-order valence-corrected chi connectivity index (χ0v) is 13.4. The molecule has 23 heavy (non-hydrogen) atoms. The molecule has 0 saturated carbocycles. The van der Waals surface area contributed by atoms with Crippen LogP contribution in [0.2, 0.25) is 0 Å². The minimum Gasteiger partial charge on any atom is -0.387 e. The topological polar surface area (TPSA) is 60.9 Å². The summed E-state index contributed by atoms with van der Waals surface area (Å²) < 4.78 is 0. The molecule has 2 aliphatic rings. The molecule has 3 rings (SSSR count). The van der Waals surface area contributed by atoms with Crippen LogP contribution in [-0.4, -0.2) is 58.5 Å². The molecule has 0 bridgehead atoms. The highest BCUT2D eigenvalue weighted by molar-refractivity contribution is 5.93. The summed E-state index contributed by atoms with van der Waals surface area (Å²) in [6.07, 6.45) is 4.02. The quantitative estimate of drug-likeness (QED) is 0.908. The van der Waals surface area contributed by atoms with Gasteiger partial charge >= 0.3 is 0 Å². The van der Waals surface area contributed by atoms with Crippen molar-refractivity contribution in [2.45, 2.75) is 37.6 Å². The van der Waals surface area contributed by atoms with Gasteiger partial charge in [0.2, 0.25) is 11.8 Å². The van der Waals surface area contributed by atoms with Crippen LogP contribution in [0.25, 0.3) is 0 Å². The van der Waals surface area contributed by atoms with Crippen LogP contribution >= 0.6 is 0 Å². The summed E-state index contributed by atoms with van der Waals surface area (Å²) >= 11 is 0. The number of likely N-dealkylation sites (tertiary alicyclic amines) is 2. The maximum Gasteiger partial charge on any atom is 0.249 e. The van der Waals surface area contributed by atoms with Gasteiger partial charge in [-0.15, -0.1) is 0 Å². The van der Waals surface area contributed by atoms with Crippen LogP contribution in [0.1, 0.15) is 31.2 Å². The molecule has 2 heterocycles. The van der Waals surface area contributed by atoms with Gasteiger partial charge in [-0.05, 0) is 37.7 Å².